The lowest BCUT2D eigenvalue weighted by molar-refractivity contribution is 0.0692. The van der Waals surface area contributed by atoms with E-state index < -0.39 is 11.8 Å². The van der Waals surface area contributed by atoms with E-state index in [1.165, 1.54) is 24.4 Å². The lowest BCUT2D eigenvalue weighted by Crippen LogP contribution is -2.21. The highest BCUT2D eigenvalue weighted by Gasteiger charge is 2.17. The Kier molecular flexibility index (Phi) is 6.18. The van der Waals surface area contributed by atoms with Gasteiger partial charge in [0.1, 0.15) is 23.7 Å². The summed E-state index contributed by atoms with van der Waals surface area (Å²) in [6, 6.07) is 18.1. The molecule has 1 heterocycles. The Morgan fingerprint density at radius 1 is 1.16 bits per heavy atom. The molecule has 0 amide bonds. The summed E-state index contributed by atoms with van der Waals surface area (Å²) >= 11 is 5.78. The number of nitrogens with zero attached hydrogens (tertiary/aromatic N) is 3. The monoisotopic (exact) mass is 451 g/mol. The first kappa shape index (κ1) is 21.5. The summed E-state index contributed by atoms with van der Waals surface area (Å²) in [7, 11) is 1.84. The number of hydrogen-bond acceptors (Lipinski definition) is 5. The van der Waals surface area contributed by atoms with Crippen molar-refractivity contribution in [3.05, 3.63) is 94.5 Å². The van der Waals surface area contributed by atoms with Crippen LogP contribution in [0.2, 0.25) is 5.02 Å². The predicted octanol–water partition coefficient (Wildman–Crippen LogP) is 5.34. The summed E-state index contributed by atoms with van der Waals surface area (Å²) in [5, 5.41) is 11.7. The zero-order valence-corrected chi connectivity index (χ0v) is 17.9. The molecule has 6 nitrogen and oxygen atoms in total. The molecule has 32 heavy (non-hydrogen) atoms. The number of rotatable bonds is 7. The molecule has 0 spiro atoms. The van der Waals surface area contributed by atoms with Gasteiger partial charge in [-0.25, -0.2) is 19.2 Å². The van der Waals surface area contributed by atoms with Crippen LogP contribution in [0.15, 0.2) is 66.9 Å². The molecular weight excluding hydrogens is 433 g/mol. The number of aromatic nitrogens is 2. The molecule has 1 aromatic heterocycles. The predicted molar refractivity (Wildman–Crippen MR) is 121 cm³/mol. The van der Waals surface area contributed by atoms with Crippen LogP contribution in [0.25, 0.3) is 10.8 Å². The molecule has 0 saturated heterocycles. The Hall–Kier alpha value is -3.71. The van der Waals surface area contributed by atoms with Crippen LogP contribution < -0.4 is 9.64 Å². The van der Waals surface area contributed by atoms with Crippen molar-refractivity contribution in [1.29, 1.82) is 0 Å². The minimum Gasteiger partial charge on any atom is -0.487 e. The van der Waals surface area contributed by atoms with E-state index in [1.807, 2.05) is 48.3 Å². The molecule has 4 aromatic rings. The molecule has 0 radical (unpaired) electrons. The summed E-state index contributed by atoms with van der Waals surface area (Å²) < 4.78 is 19.0. The van der Waals surface area contributed by atoms with Crippen molar-refractivity contribution < 1.29 is 19.0 Å². The SMILES string of the molecule is CN(Cc1cccc2ccccc12)c1ncc(C(=O)O)c(COc2ccc(F)c(Cl)c2)n1. The summed E-state index contributed by atoms with van der Waals surface area (Å²) in [5.74, 6) is -1.07. The van der Waals surface area contributed by atoms with E-state index in [4.69, 9.17) is 16.3 Å². The maximum absolute atomic E-state index is 13.4. The zero-order valence-electron chi connectivity index (χ0n) is 17.1. The van der Waals surface area contributed by atoms with E-state index in [1.54, 1.807) is 0 Å². The molecule has 0 aliphatic carbocycles. The number of ether oxygens (including phenoxy) is 1. The topological polar surface area (TPSA) is 75.6 Å². The van der Waals surface area contributed by atoms with Crippen LogP contribution in [0.1, 0.15) is 21.6 Å². The van der Waals surface area contributed by atoms with Gasteiger partial charge in [-0.05, 0) is 28.5 Å². The van der Waals surface area contributed by atoms with Gasteiger partial charge in [-0.15, -0.1) is 0 Å². The van der Waals surface area contributed by atoms with Crippen LogP contribution in [0.4, 0.5) is 10.3 Å². The van der Waals surface area contributed by atoms with Gasteiger partial charge in [-0.2, -0.15) is 0 Å². The van der Waals surface area contributed by atoms with Crippen LogP contribution >= 0.6 is 11.6 Å². The fourth-order valence-electron chi connectivity index (χ4n) is 3.35. The molecule has 4 rings (SSSR count). The first-order valence-electron chi connectivity index (χ1n) is 9.77. The van der Waals surface area contributed by atoms with Gasteiger partial charge in [-0.3, -0.25) is 0 Å². The minimum atomic E-state index is -1.16. The molecule has 162 valence electrons. The van der Waals surface area contributed by atoms with Crippen LogP contribution in [0, 0.1) is 5.82 Å². The number of carboxylic acid groups (broad SMARTS) is 1. The Morgan fingerprint density at radius 3 is 2.72 bits per heavy atom. The average Bonchev–Trinajstić information content (AvgIpc) is 2.79. The Labute approximate surface area is 188 Å². The second-order valence-electron chi connectivity index (χ2n) is 7.19. The normalized spacial score (nSPS) is 10.8. The third-order valence-electron chi connectivity index (χ3n) is 4.98. The van der Waals surface area contributed by atoms with Crippen molar-refractivity contribution in [2.75, 3.05) is 11.9 Å². The lowest BCUT2D eigenvalue weighted by atomic mass is 10.0. The number of halogens is 2. The average molecular weight is 452 g/mol. The van der Waals surface area contributed by atoms with Gasteiger partial charge in [-0.1, -0.05) is 54.1 Å². The van der Waals surface area contributed by atoms with Gasteiger partial charge in [0.05, 0.1) is 10.7 Å². The van der Waals surface area contributed by atoms with Crippen molar-refractivity contribution in [2.24, 2.45) is 0 Å². The molecule has 3 aromatic carbocycles. The van der Waals surface area contributed by atoms with Gasteiger partial charge < -0.3 is 14.7 Å². The third kappa shape index (κ3) is 4.63. The quantitative estimate of drug-likeness (QED) is 0.409. The highest BCUT2D eigenvalue weighted by Crippen LogP contribution is 2.24. The van der Waals surface area contributed by atoms with Crippen molar-refractivity contribution in [3.8, 4) is 5.75 Å². The number of fused-ring (bicyclic) bond motifs is 1. The fraction of sp³-hybridized carbons (Fsp3) is 0.125. The first-order chi connectivity index (χ1) is 15.4. The Morgan fingerprint density at radius 2 is 1.94 bits per heavy atom. The smallest absolute Gasteiger partial charge is 0.339 e. The molecule has 0 aliphatic heterocycles. The van der Waals surface area contributed by atoms with Crippen LogP contribution in [-0.4, -0.2) is 28.1 Å². The molecule has 0 atom stereocenters. The minimum absolute atomic E-state index is 0.0690. The molecule has 0 saturated carbocycles. The molecule has 0 fully saturated rings. The number of aromatic carboxylic acids is 1. The Balaban J connectivity index is 1.58. The van der Waals surface area contributed by atoms with E-state index >= 15 is 0 Å². The van der Waals surface area contributed by atoms with Crippen LogP contribution in [0.3, 0.4) is 0 Å². The maximum atomic E-state index is 13.4. The van der Waals surface area contributed by atoms with E-state index in [-0.39, 0.29) is 22.9 Å². The van der Waals surface area contributed by atoms with Crippen molar-refractivity contribution >= 4 is 34.3 Å². The summed E-state index contributed by atoms with van der Waals surface area (Å²) in [4.78, 5) is 22.1. The van der Waals surface area contributed by atoms with E-state index in [9.17, 15) is 14.3 Å². The number of carboxylic acids is 1. The summed E-state index contributed by atoms with van der Waals surface area (Å²) in [6.07, 6.45) is 1.26. The largest absolute Gasteiger partial charge is 0.487 e. The third-order valence-corrected chi connectivity index (χ3v) is 5.27. The molecule has 0 aliphatic rings. The summed E-state index contributed by atoms with van der Waals surface area (Å²) in [6.45, 7) is 0.392. The maximum Gasteiger partial charge on any atom is 0.339 e. The number of hydrogen-bond donors (Lipinski definition) is 1. The number of anilines is 1. The van der Waals surface area contributed by atoms with Crippen LogP contribution in [0.5, 0.6) is 5.75 Å². The second-order valence-corrected chi connectivity index (χ2v) is 7.60. The van der Waals surface area contributed by atoms with Gasteiger partial charge in [0.15, 0.2) is 0 Å². The Bertz CT molecular complexity index is 1290. The molecule has 1 N–H and O–H groups in total. The highest BCUT2D eigenvalue weighted by atomic mass is 35.5. The van der Waals surface area contributed by atoms with Gasteiger partial charge in [0, 0.05) is 25.9 Å². The molecule has 0 unspecified atom stereocenters. The van der Waals surface area contributed by atoms with Crippen molar-refractivity contribution in [2.45, 2.75) is 13.2 Å². The van der Waals surface area contributed by atoms with Crippen molar-refractivity contribution in [3.63, 3.8) is 0 Å². The standard InChI is InChI=1S/C24H19ClFN3O3/c1-29(13-16-7-4-6-15-5-2-3-8-18(15)16)24-27-12-19(23(30)31)22(28-24)14-32-17-9-10-21(26)20(25)11-17/h2-12H,13-14H2,1H3,(H,30,31). The lowest BCUT2D eigenvalue weighted by Gasteiger charge is -2.19. The fourth-order valence-corrected chi connectivity index (χ4v) is 3.52. The van der Waals surface area contributed by atoms with E-state index in [0.29, 0.717) is 18.2 Å². The van der Waals surface area contributed by atoms with Crippen LogP contribution in [-0.2, 0) is 13.2 Å². The second kappa shape index (κ2) is 9.20. The van der Waals surface area contributed by atoms with E-state index in [2.05, 4.69) is 16.0 Å². The molecular formula is C24H19ClFN3O3. The van der Waals surface area contributed by atoms with Gasteiger partial charge in [0.25, 0.3) is 0 Å². The number of benzene rings is 3. The van der Waals surface area contributed by atoms with Gasteiger partial charge >= 0.3 is 5.97 Å². The molecule has 0 bridgehead atoms. The molecule has 8 heteroatoms. The van der Waals surface area contributed by atoms with Gasteiger partial charge in [0.2, 0.25) is 5.95 Å². The highest BCUT2D eigenvalue weighted by molar-refractivity contribution is 6.30. The summed E-state index contributed by atoms with van der Waals surface area (Å²) in [5.41, 5.74) is 1.23. The number of carbonyl (C=O) groups is 1. The van der Waals surface area contributed by atoms with E-state index in [0.717, 1.165) is 16.3 Å². The zero-order chi connectivity index (χ0) is 22.7. The van der Waals surface area contributed by atoms with Crippen molar-refractivity contribution in [1.82, 2.24) is 9.97 Å². The first-order valence-corrected chi connectivity index (χ1v) is 10.1.